The molecule has 0 amide bonds. The minimum Gasteiger partial charge on any atom is -0.466 e. The van der Waals surface area contributed by atoms with E-state index in [2.05, 4.69) is 10.5 Å². The van der Waals surface area contributed by atoms with Crippen molar-refractivity contribution in [2.45, 2.75) is 26.7 Å². The first-order chi connectivity index (χ1) is 11.0. The highest BCUT2D eigenvalue weighted by atomic mass is 35.5. The Balaban J connectivity index is 2.83. The molecule has 0 aliphatic carbocycles. The van der Waals surface area contributed by atoms with Crippen LogP contribution < -0.4 is 11.2 Å². The number of hydrogen-bond acceptors (Lipinski definition) is 7. The fourth-order valence-corrected chi connectivity index (χ4v) is 1.80. The van der Waals surface area contributed by atoms with Gasteiger partial charge in [0.1, 0.15) is 5.71 Å². The number of halogens is 1. The summed E-state index contributed by atoms with van der Waals surface area (Å²) in [5.41, 5.74) is 9.41. The third-order valence-corrected chi connectivity index (χ3v) is 2.94. The molecule has 1 rings (SSSR count). The Morgan fingerprint density at radius 3 is 2.57 bits per heavy atom. The topological polar surface area (TPSA) is 103 Å². The van der Waals surface area contributed by atoms with Gasteiger partial charge >= 0.3 is 11.9 Å². The van der Waals surface area contributed by atoms with E-state index in [9.17, 15) is 9.59 Å². The highest BCUT2D eigenvalue weighted by Crippen LogP contribution is 2.22. The number of benzene rings is 1. The lowest BCUT2D eigenvalue weighted by atomic mass is 10.2. The average molecular weight is 342 g/mol. The van der Waals surface area contributed by atoms with Gasteiger partial charge in [0.2, 0.25) is 0 Å². The first-order valence-electron chi connectivity index (χ1n) is 7.18. The molecule has 0 fully saturated rings. The minimum atomic E-state index is -0.607. The maximum absolute atomic E-state index is 11.9. The van der Waals surface area contributed by atoms with E-state index in [1.165, 1.54) is 0 Å². The van der Waals surface area contributed by atoms with Crippen LogP contribution in [0.5, 0.6) is 0 Å². The van der Waals surface area contributed by atoms with E-state index in [1.807, 2.05) is 0 Å². The highest BCUT2D eigenvalue weighted by molar-refractivity contribution is 6.36. The maximum Gasteiger partial charge on any atom is 0.354 e. The summed E-state index contributed by atoms with van der Waals surface area (Å²) in [4.78, 5) is 23.3. The van der Waals surface area contributed by atoms with Crippen molar-refractivity contribution in [1.29, 1.82) is 0 Å². The highest BCUT2D eigenvalue weighted by Gasteiger charge is 2.15. The molecule has 23 heavy (non-hydrogen) atoms. The first-order valence-corrected chi connectivity index (χ1v) is 7.56. The number of hydrogen-bond donors (Lipinski definition) is 2. The van der Waals surface area contributed by atoms with Crippen LogP contribution in [0.3, 0.4) is 0 Å². The molecule has 7 nitrogen and oxygen atoms in total. The van der Waals surface area contributed by atoms with Gasteiger partial charge in [0, 0.05) is 11.4 Å². The van der Waals surface area contributed by atoms with E-state index in [1.54, 1.807) is 32.0 Å². The third-order valence-electron chi connectivity index (χ3n) is 2.71. The van der Waals surface area contributed by atoms with Crippen LogP contribution >= 0.6 is 11.6 Å². The average Bonchev–Trinajstić information content (AvgIpc) is 2.51. The van der Waals surface area contributed by atoms with Crippen molar-refractivity contribution in [3.05, 3.63) is 23.2 Å². The molecule has 0 spiro atoms. The van der Waals surface area contributed by atoms with Crippen LogP contribution in [0.25, 0.3) is 0 Å². The second kappa shape index (κ2) is 9.68. The van der Waals surface area contributed by atoms with Crippen LogP contribution in [0.4, 0.5) is 11.4 Å². The largest absolute Gasteiger partial charge is 0.466 e. The Labute approximate surface area is 139 Å². The molecule has 0 saturated carbocycles. The van der Waals surface area contributed by atoms with E-state index in [0.717, 1.165) is 0 Å². The zero-order chi connectivity index (χ0) is 17.2. The lowest BCUT2D eigenvalue weighted by Gasteiger charge is -2.09. The number of nitrogens with one attached hydrogen (secondary N) is 1. The van der Waals surface area contributed by atoms with E-state index in [4.69, 9.17) is 26.8 Å². The summed E-state index contributed by atoms with van der Waals surface area (Å²) >= 11 is 5.89. The zero-order valence-corrected chi connectivity index (χ0v) is 13.9. The number of carbonyl (C=O) groups is 2. The molecule has 126 valence electrons. The number of nitrogens with two attached hydrogens (primary N) is 1. The number of anilines is 2. The lowest BCUT2D eigenvalue weighted by Crippen LogP contribution is -2.20. The molecule has 0 aromatic heterocycles. The van der Waals surface area contributed by atoms with Gasteiger partial charge in [-0.15, -0.1) is 0 Å². The third kappa shape index (κ3) is 6.56. The Morgan fingerprint density at radius 2 is 1.91 bits per heavy atom. The molecule has 0 aliphatic heterocycles. The van der Waals surface area contributed by atoms with Crippen molar-refractivity contribution in [2.24, 2.45) is 5.10 Å². The van der Waals surface area contributed by atoms with Gasteiger partial charge in [-0.05, 0) is 32.0 Å². The van der Waals surface area contributed by atoms with Crippen molar-refractivity contribution < 1.29 is 19.1 Å². The number of carbonyl (C=O) groups excluding carboxylic acids is 2. The van der Waals surface area contributed by atoms with E-state index in [0.29, 0.717) is 16.4 Å². The number of nitrogen functional groups attached to an aromatic ring is 1. The van der Waals surface area contributed by atoms with Crippen LogP contribution in [-0.2, 0) is 19.1 Å². The second-order valence-corrected chi connectivity index (χ2v) is 4.86. The maximum atomic E-state index is 11.9. The van der Waals surface area contributed by atoms with Gasteiger partial charge in [-0.25, -0.2) is 4.79 Å². The van der Waals surface area contributed by atoms with Crippen LogP contribution in [0.1, 0.15) is 26.7 Å². The first kappa shape index (κ1) is 18.8. The molecular weight excluding hydrogens is 322 g/mol. The lowest BCUT2D eigenvalue weighted by molar-refractivity contribution is -0.142. The van der Waals surface area contributed by atoms with Gasteiger partial charge in [0.25, 0.3) is 0 Å². The predicted octanol–water partition coefficient (Wildman–Crippen LogP) is 2.60. The summed E-state index contributed by atoms with van der Waals surface area (Å²) in [5.74, 6) is -1.02. The number of nitrogens with zero attached hydrogens (tertiary/aromatic N) is 1. The van der Waals surface area contributed by atoms with Gasteiger partial charge in [0.15, 0.2) is 0 Å². The van der Waals surface area contributed by atoms with Crippen molar-refractivity contribution in [3.63, 3.8) is 0 Å². The van der Waals surface area contributed by atoms with Crippen molar-refractivity contribution in [1.82, 2.24) is 0 Å². The summed E-state index contributed by atoms with van der Waals surface area (Å²) in [6, 6.07) is 4.83. The predicted molar refractivity (Wildman–Crippen MR) is 89.4 cm³/mol. The molecule has 3 N–H and O–H groups in total. The Hall–Kier alpha value is -2.28. The van der Waals surface area contributed by atoms with Crippen LogP contribution in [0, 0.1) is 0 Å². The smallest absolute Gasteiger partial charge is 0.354 e. The molecule has 1 aromatic carbocycles. The number of esters is 2. The van der Waals surface area contributed by atoms with Crippen LogP contribution in [-0.4, -0.2) is 30.9 Å². The van der Waals surface area contributed by atoms with Gasteiger partial charge < -0.3 is 15.2 Å². The standard InChI is InChI=1S/C15H20ClN3O4/c1-3-22-14(20)8-7-12(15(21)23-4-2)18-19-13-9-10(16)5-6-11(13)17/h5-6,9,19H,3-4,7-8,17H2,1-2H3/b18-12-. The van der Waals surface area contributed by atoms with Gasteiger partial charge in [-0.3, -0.25) is 10.2 Å². The summed E-state index contributed by atoms with van der Waals surface area (Å²) in [5, 5.41) is 4.47. The summed E-state index contributed by atoms with van der Waals surface area (Å²) in [7, 11) is 0. The Morgan fingerprint density at radius 1 is 1.22 bits per heavy atom. The van der Waals surface area contributed by atoms with Crippen LogP contribution in [0.2, 0.25) is 5.02 Å². The molecule has 0 atom stereocenters. The zero-order valence-electron chi connectivity index (χ0n) is 13.1. The number of ether oxygens (including phenoxy) is 2. The molecule has 0 saturated heterocycles. The normalized spacial score (nSPS) is 11.0. The molecule has 0 radical (unpaired) electrons. The second-order valence-electron chi connectivity index (χ2n) is 4.43. The molecule has 0 unspecified atom stereocenters. The van der Waals surface area contributed by atoms with Gasteiger partial charge in [-0.2, -0.15) is 5.10 Å². The summed E-state index contributed by atoms with van der Waals surface area (Å²) in [6.07, 6.45) is 0.114. The molecule has 1 aromatic rings. The molecule has 0 aliphatic rings. The number of hydrazone groups is 1. The van der Waals surface area contributed by atoms with Crippen molar-refractivity contribution in [3.8, 4) is 0 Å². The van der Waals surface area contributed by atoms with E-state index >= 15 is 0 Å². The molecule has 8 heteroatoms. The van der Waals surface area contributed by atoms with Crippen molar-refractivity contribution >= 4 is 40.6 Å². The summed E-state index contributed by atoms with van der Waals surface area (Å²) < 4.78 is 9.75. The van der Waals surface area contributed by atoms with Crippen molar-refractivity contribution in [2.75, 3.05) is 24.4 Å². The summed E-state index contributed by atoms with van der Waals surface area (Å²) in [6.45, 7) is 3.88. The molecule has 0 bridgehead atoms. The van der Waals surface area contributed by atoms with E-state index < -0.39 is 11.9 Å². The van der Waals surface area contributed by atoms with E-state index in [-0.39, 0.29) is 31.8 Å². The SMILES string of the molecule is CCOC(=O)CC/C(=N/Nc1cc(Cl)ccc1N)C(=O)OCC. The Kier molecular flexibility index (Phi) is 7.90. The van der Waals surface area contributed by atoms with Gasteiger partial charge in [-0.1, -0.05) is 11.6 Å². The number of rotatable bonds is 8. The quantitative estimate of drug-likeness (QED) is 0.326. The fraction of sp³-hybridized carbons (Fsp3) is 0.400. The van der Waals surface area contributed by atoms with Crippen LogP contribution in [0.15, 0.2) is 23.3 Å². The fourth-order valence-electron chi connectivity index (χ4n) is 1.62. The monoisotopic (exact) mass is 341 g/mol. The minimum absolute atomic E-state index is 0.0260. The molecule has 0 heterocycles. The molecular formula is C15H20ClN3O4. The van der Waals surface area contributed by atoms with Gasteiger partial charge in [0.05, 0.1) is 31.0 Å². The Bertz CT molecular complexity index is 590.